The third kappa shape index (κ3) is 7.59. The van der Waals surface area contributed by atoms with Crippen LogP contribution in [0.4, 0.5) is 0 Å². The zero-order valence-electron chi connectivity index (χ0n) is 17.3. The van der Waals surface area contributed by atoms with Crippen molar-refractivity contribution in [2.24, 2.45) is 5.92 Å². The minimum absolute atomic E-state index is 0. The first-order valence-electron chi connectivity index (χ1n) is 9.99. The Hall–Kier alpha value is 0.0300. The molecule has 4 unspecified atom stereocenters. The highest BCUT2D eigenvalue weighted by molar-refractivity contribution is 6.18. The molecule has 3 aliphatic rings. The van der Waals surface area contributed by atoms with E-state index in [1.807, 2.05) is 0 Å². The number of ether oxygens (including phenoxy) is 2. The van der Waals surface area contributed by atoms with Gasteiger partial charge in [-0.15, -0.1) is 47.2 Å². The molecule has 0 saturated carbocycles. The average molecular weight is 489 g/mol. The van der Waals surface area contributed by atoms with Crippen LogP contribution >= 0.6 is 47.2 Å². The summed E-state index contributed by atoms with van der Waals surface area (Å²) in [6.45, 7) is 10.8. The van der Waals surface area contributed by atoms with E-state index in [4.69, 9.17) is 44.3 Å². The molecule has 0 amide bonds. The second-order valence-electron chi connectivity index (χ2n) is 7.89. The molecule has 0 spiro atoms. The van der Waals surface area contributed by atoms with Crippen LogP contribution in [0.25, 0.3) is 0 Å². The fourth-order valence-electron chi connectivity index (χ4n) is 3.90. The van der Waals surface area contributed by atoms with Gasteiger partial charge in [0.1, 0.15) is 12.2 Å². The minimum atomic E-state index is -0.233. The topological polar surface area (TPSA) is 42.1 Å². The van der Waals surface area contributed by atoms with Gasteiger partial charge in [0.25, 0.3) is 0 Å². The maximum atomic E-state index is 11.7. The van der Waals surface area contributed by atoms with Crippen molar-refractivity contribution in [2.75, 3.05) is 37.3 Å². The molecule has 2 saturated heterocycles. The Bertz CT molecular complexity index is 572. The van der Waals surface area contributed by atoms with E-state index in [2.05, 4.69) is 31.4 Å². The molecule has 2 aliphatic heterocycles. The van der Waals surface area contributed by atoms with Crippen LogP contribution < -0.4 is 0 Å². The van der Waals surface area contributed by atoms with Gasteiger partial charge < -0.3 is 9.47 Å². The summed E-state index contributed by atoms with van der Waals surface area (Å²) in [6.07, 6.45) is 6.25. The van der Waals surface area contributed by atoms with Crippen molar-refractivity contribution in [3.8, 4) is 0 Å². The Morgan fingerprint density at radius 1 is 1.21 bits per heavy atom. The molecule has 0 bridgehead atoms. The lowest BCUT2D eigenvalue weighted by Gasteiger charge is -2.19. The average Bonchev–Trinajstić information content (AvgIpc) is 3.23. The Labute approximate surface area is 196 Å². The molecular weight excluding hydrogens is 456 g/mol. The van der Waals surface area contributed by atoms with Gasteiger partial charge in [0.15, 0.2) is 0 Å². The largest absolute Gasteiger partial charge is 0.455 e. The molecule has 0 aromatic carbocycles. The van der Waals surface area contributed by atoms with E-state index in [0.29, 0.717) is 23.2 Å². The van der Waals surface area contributed by atoms with E-state index in [-0.39, 0.29) is 42.1 Å². The van der Waals surface area contributed by atoms with Gasteiger partial charge in [-0.3, -0.25) is 4.90 Å². The van der Waals surface area contributed by atoms with Crippen molar-refractivity contribution < 1.29 is 14.3 Å². The van der Waals surface area contributed by atoms with E-state index >= 15 is 0 Å². The molecule has 2 heterocycles. The van der Waals surface area contributed by atoms with Gasteiger partial charge in [0.05, 0.1) is 5.60 Å². The van der Waals surface area contributed by atoms with Crippen LogP contribution in [0.3, 0.4) is 0 Å². The molecular formula is C21H33Cl4NO3. The van der Waals surface area contributed by atoms with Gasteiger partial charge in [0.2, 0.25) is 0 Å². The summed E-state index contributed by atoms with van der Waals surface area (Å²) in [6, 6.07) is 0. The third-order valence-electron chi connectivity index (χ3n) is 5.77. The number of allylic oxidation sites excluding steroid dienone is 2. The summed E-state index contributed by atoms with van der Waals surface area (Å²) in [7, 11) is 0. The van der Waals surface area contributed by atoms with Crippen molar-refractivity contribution in [3.05, 3.63) is 23.8 Å². The zero-order valence-corrected chi connectivity index (χ0v) is 20.4. The minimum Gasteiger partial charge on any atom is -0.455 e. The molecule has 4 atom stereocenters. The fourth-order valence-corrected chi connectivity index (χ4v) is 4.62. The number of hydrogen-bond acceptors (Lipinski definition) is 4. The van der Waals surface area contributed by atoms with Gasteiger partial charge >= 0.3 is 5.97 Å². The maximum Gasteiger partial charge on any atom is 0.334 e. The number of fused-ring (bicyclic) bond motifs is 3. The zero-order chi connectivity index (χ0) is 20.7. The number of carbonyl (C=O) groups is 1. The second kappa shape index (κ2) is 12.8. The molecule has 0 radical (unpaired) electrons. The first-order chi connectivity index (χ1) is 13.4. The smallest absolute Gasteiger partial charge is 0.334 e. The maximum absolute atomic E-state index is 11.7. The number of rotatable bonds is 6. The summed E-state index contributed by atoms with van der Waals surface area (Å²) >= 11 is 16.6. The van der Waals surface area contributed by atoms with E-state index in [1.165, 1.54) is 5.57 Å². The lowest BCUT2D eigenvalue weighted by Crippen LogP contribution is -2.29. The molecule has 1 aliphatic carbocycles. The standard InChI is InChI=1S/C15H20O3.C6H12Cl3N.ClH/c1-9-5-4-8-15(3)13(18-15)12-11(7-6-9)10(2)14(16)17-12;7-1-4-10(5-2-8)6-3-9;/h5,11-13H,2,4,6-8H2,1,3H3;1-6H2;1H. The monoisotopic (exact) mass is 487 g/mol. The number of esters is 1. The molecule has 0 aromatic heterocycles. The predicted octanol–water partition coefficient (Wildman–Crippen LogP) is 5.19. The number of nitrogens with zero attached hydrogens (tertiary/aromatic N) is 1. The normalized spacial score (nSPS) is 30.8. The number of halogens is 4. The van der Waals surface area contributed by atoms with Crippen LogP contribution in [0.1, 0.15) is 39.5 Å². The fraction of sp³-hybridized carbons (Fsp3) is 0.762. The Balaban J connectivity index is 0.000000332. The summed E-state index contributed by atoms with van der Waals surface area (Å²) in [5, 5.41) is 0. The van der Waals surface area contributed by atoms with Crippen LogP contribution in [0.15, 0.2) is 23.8 Å². The molecule has 0 aromatic rings. The van der Waals surface area contributed by atoms with Crippen molar-refractivity contribution in [2.45, 2.75) is 57.3 Å². The van der Waals surface area contributed by atoms with Crippen molar-refractivity contribution in [3.63, 3.8) is 0 Å². The first kappa shape index (κ1) is 27.1. The van der Waals surface area contributed by atoms with Crippen LogP contribution in [0.2, 0.25) is 0 Å². The first-order valence-corrected chi connectivity index (χ1v) is 11.6. The van der Waals surface area contributed by atoms with Crippen LogP contribution in [-0.4, -0.2) is 66.0 Å². The number of hydrogen-bond donors (Lipinski definition) is 0. The molecule has 2 fully saturated rings. The lowest BCUT2D eigenvalue weighted by molar-refractivity contribution is -0.140. The molecule has 168 valence electrons. The number of alkyl halides is 3. The summed E-state index contributed by atoms with van der Waals surface area (Å²) in [5.41, 5.74) is 1.91. The van der Waals surface area contributed by atoms with Gasteiger partial charge in [-0.05, 0) is 39.5 Å². The van der Waals surface area contributed by atoms with Gasteiger partial charge in [0, 0.05) is 48.8 Å². The van der Waals surface area contributed by atoms with E-state index in [9.17, 15) is 4.79 Å². The summed E-state index contributed by atoms with van der Waals surface area (Å²) < 4.78 is 11.3. The van der Waals surface area contributed by atoms with Crippen molar-refractivity contribution in [1.29, 1.82) is 0 Å². The van der Waals surface area contributed by atoms with E-state index in [0.717, 1.165) is 45.3 Å². The lowest BCUT2D eigenvalue weighted by atomic mass is 9.84. The SMILES string of the molecule is C=C1C(=O)OC2C1CCC(C)=CCCC1(C)OC21.Cl.ClCCN(CCCl)CCCl. The van der Waals surface area contributed by atoms with Crippen molar-refractivity contribution >= 4 is 53.2 Å². The quantitative estimate of drug-likeness (QED) is 0.169. The number of carbonyl (C=O) groups excluding carboxylic acids is 1. The number of epoxide rings is 1. The highest BCUT2D eigenvalue weighted by Gasteiger charge is 2.61. The second-order valence-corrected chi connectivity index (χ2v) is 9.02. The Morgan fingerprint density at radius 2 is 1.79 bits per heavy atom. The van der Waals surface area contributed by atoms with Crippen LogP contribution in [0, 0.1) is 5.92 Å². The van der Waals surface area contributed by atoms with Gasteiger partial charge in [-0.2, -0.15) is 0 Å². The highest BCUT2D eigenvalue weighted by atomic mass is 35.5. The molecule has 8 heteroatoms. The van der Waals surface area contributed by atoms with Crippen LogP contribution in [-0.2, 0) is 14.3 Å². The van der Waals surface area contributed by atoms with Crippen molar-refractivity contribution in [1.82, 2.24) is 4.90 Å². The van der Waals surface area contributed by atoms with Gasteiger partial charge in [-0.25, -0.2) is 4.79 Å². The highest BCUT2D eigenvalue weighted by Crippen LogP contribution is 2.49. The van der Waals surface area contributed by atoms with E-state index < -0.39 is 0 Å². The van der Waals surface area contributed by atoms with E-state index in [1.54, 1.807) is 0 Å². The molecule has 29 heavy (non-hydrogen) atoms. The third-order valence-corrected chi connectivity index (χ3v) is 6.28. The summed E-state index contributed by atoms with van der Waals surface area (Å²) in [5.74, 6) is 1.84. The molecule has 0 N–H and O–H groups in total. The molecule has 3 rings (SSSR count). The van der Waals surface area contributed by atoms with Crippen LogP contribution in [0.5, 0.6) is 0 Å². The Kier molecular flexibility index (Phi) is 11.9. The Morgan fingerprint density at radius 3 is 2.34 bits per heavy atom. The predicted molar refractivity (Wildman–Crippen MR) is 124 cm³/mol. The molecule has 4 nitrogen and oxygen atoms in total. The summed E-state index contributed by atoms with van der Waals surface area (Å²) in [4.78, 5) is 13.8. The van der Waals surface area contributed by atoms with Gasteiger partial charge in [-0.1, -0.05) is 18.2 Å².